The Labute approximate surface area is 95.3 Å². The number of aliphatic hydroxyl groups excluding tert-OH is 1. The normalized spacial score (nSPS) is 21.0. The molecular weight excluding hydrogens is 184 g/mol. The molecule has 1 N–H and O–H groups in total. The molecule has 1 unspecified atom stereocenters. The maximum atomic E-state index is 10.3. The highest BCUT2D eigenvalue weighted by Crippen LogP contribution is 2.49. The van der Waals surface area contributed by atoms with Crippen molar-refractivity contribution in [1.82, 2.24) is 0 Å². The molecule has 1 nitrogen and oxygen atoms in total. The van der Waals surface area contributed by atoms with Crippen molar-refractivity contribution in [1.29, 1.82) is 0 Å². The van der Waals surface area contributed by atoms with E-state index in [0.29, 0.717) is 5.41 Å². The van der Waals surface area contributed by atoms with Crippen molar-refractivity contribution in [3.8, 4) is 0 Å². The van der Waals surface area contributed by atoms with Crippen LogP contribution in [0.2, 0.25) is 0 Å². The number of unbranched alkanes of at least 4 members (excludes halogenated alkanes) is 3. The third kappa shape index (κ3) is 3.48. The molecule has 90 valence electrons. The van der Waals surface area contributed by atoms with Gasteiger partial charge in [-0.05, 0) is 31.1 Å². The molecule has 1 rings (SSSR count). The van der Waals surface area contributed by atoms with Gasteiger partial charge in [0.15, 0.2) is 0 Å². The summed E-state index contributed by atoms with van der Waals surface area (Å²) >= 11 is 0. The Morgan fingerprint density at radius 1 is 1.07 bits per heavy atom. The van der Waals surface area contributed by atoms with E-state index in [2.05, 4.69) is 13.8 Å². The molecule has 1 aliphatic rings. The molecule has 0 aromatic heterocycles. The highest BCUT2D eigenvalue weighted by molar-refractivity contribution is 4.93. The van der Waals surface area contributed by atoms with Crippen LogP contribution in [-0.4, -0.2) is 11.2 Å². The van der Waals surface area contributed by atoms with Gasteiger partial charge in [-0.2, -0.15) is 0 Å². The minimum atomic E-state index is -0.00986. The van der Waals surface area contributed by atoms with Crippen molar-refractivity contribution in [2.75, 3.05) is 0 Å². The van der Waals surface area contributed by atoms with Crippen LogP contribution in [0.25, 0.3) is 0 Å². The molecule has 0 aliphatic heterocycles. The van der Waals surface area contributed by atoms with Crippen molar-refractivity contribution in [3.63, 3.8) is 0 Å². The number of rotatable bonds is 8. The number of aliphatic hydroxyl groups is 1. The van der Waals surface area contributed by atoms with E-state index < -0.39 is 0 Å². The van der Waals surface area contributed by atoms with E-state index >= 15 is 0 Å². The van der Waals surface area contributed by atoms with Crippen LogP contribution in [0.15, 0.2) is 0 Å². The SMILES string of the molecule is CCCCCC(O)C1(CCCC)CCC1. The minimum absolute atomic E-state index is 0.00986. The van der Waals surface area contributed by atoms with Crippen molar-refractivity contribution in [2.45, 2.75) is 84.2 Å². The van der Waals surface area contributed by atoms with E-state index in [0.717, 1.165) is 6.42 Å². The highest BCUT2D eigenvalue weighted by atomic mass is 16.3. The zero-order valence-corrected chi connectivity index (χ0v) is 10.6. The molecular formula is C14H28O. The predicted molar refractivity (Wildman–Crippen MR) is 66.0 cm³/mol. The molecule has 0 amide bonds. The Morgan fingerprint density at radius 3 is 2.20 bits per heavy atom. The van der Waals surface area contributed by atoms with Crippen LogP contribution in [0.5, 0.6) is 0 Å². The summed E-state index contributed by atoms with van der Waals surface area (Å²) in [6.07, 6.45) is 12.5. The molecule has 0 bridgehead atoms. The predicted octanol–water partition coefficient (Wildman–Crippen LogP) is 4.29. The fraction of sp³-hybridized carbons (Fsp3) is 1.00. The fourth-order valence-corrected chi connectivity index (χ4v) is 2.80. The van der Waals surface area contributed by atoms with E-state index in [1.165, 1.54) is 57.8 Å². The highest BCUT2D eigenvalue weighted by Gasteiger charge is 2.41. The molecule has 1 saturated carbocycles. The third-order valence-corrected chi connectivity index (χ3v) is 4.17. The average Bonchev–Trinajstić information content (AvgIpc) is 2.17. The van der Waals surface area contributed by atoms with Gasteiger partial charge in [0.1, 0.15) is 0 Å². The van der Waals surface area contributed by atoms with E-state index in [1.54, 1.807) is 0 Å². The van der Waals surface area contributed by atoms with Crippen LogP contribution in [0.3, 0.4) is 0 Å². The van der Waals surface area contributed by atoms with Gasteiger partial charge in [-0.25, -0.2) is 0 Å². The topological polar surface area (TPSA) is 20.2 Å². The van der Waals surface area contributed by atoms with Crippen LogP contribution in [-0.2, 0) is 0 Å². The quantitative estimate of drug-likeness (QED) is 0.595. The summed E-state index contributed by atoms with van der Waals surface area (Å²) in [4.78, 5) is 0. The molecule has 1 atom stereocenters. The summed E-state index contributed by atoms with van der Waals surface area (Å²) in [5.41, 5.74) is 0.337. The monoisotopic (exact) mass is 212 g/mol. The van der Waals surface area contributed by atoms with Gasteiger partial charge >= 0.3 is 0 Å². The lowest BCUT2D eigenvalue weighted by Crippen LogP contribution is -2.41. The Morgan fingerprint density at radius 2 is 1.73 bits per heavy atom. The summed E-state index contributed by atoms with van der Waals surface area (Å²) < 4.78 is 0. The van der Waals surface area contributed by atoms with Crippen molar-refractivity contribution >= 4 is 0 Å². The third-order valence-electron chi connectivity index (χ3n) is 4.17. The van der Waals surface area contributed by atoms with E-state index in [-0.39, 0.29) is 6.10 Å². The summed E-state index contributed by atoms with van der Waals surface area (Å²) in [5.74, 6) is 0. The van der Waals surface area contributed by atoms with Gasteiger partial charge in [-0.3, -0.25) is 0 Å². The zero-order chi connectivity index (χ0) is 11.1. The first-order chi connectivity index (χ1) is 7.25. The number of hydrogen-bond acceptors (Lipinski definition) is 1. The molecule has 0 radical (unpaired) electrons. The largest absolute Gasteiger partial charge is 0.393 e. The lowest BCUT2D eigenvalue weighted by molar-refractivity contribution is -0.0478. The fourth-order valence-electron chi connectivity index (χ4n) is 2.80. The second kappa shape index (κ2) is 6.52. The Kier molecular flexibility index (Phi) is 5.66. The molecule has 15 heavy (non-hydrogen) atoms. The maximum absolute atomic E-state index is 10.3. The van der Waals surface area contributed by atoms with Crippen molar-refractivity contribution < 1.29 is 5.11 Å². The van der Waals surface area contributed by atoms with Gasteiger partial charge in [0.05, 0.1) is 6.10 Å². The first-order valence-electron chi connectivity index (χ1n) is 6.93. The van der Waals surface area contributed by atoms with E-state index in [4.69, 9.17) is 0 Å². The van der Waals surface area contributed by atoms with Crippen molar-refractivity contribution in [2.24, 2.45) is 5.41 Å². The summed E-state index contributed by atoms with van der Waals surface area (Å²) in [7, 11) is 0. The van der Waals surface area contributed by atoms with Gasteiger partial charge in [0.2, 0.25) is 0 Å². The van der Waals surface area contributed by atoms with Gasteiger partial charge in [0, 0.05) is 0 Å². The van der Waals surface area contributed by atoms with Gasteiger partial charge in [-0.1, -0.05) is 52.4 Å². The van der Waals surface area contributed by atoms with Crippen molar-refractivity contribution in [3.05, 3.63) is 0 Å². The molecule has 1 fully saturated rings. The standard InChI is InChI=1S/C14H28O/c1-3-5-7-9-13(15)14(10-6-4-2)11-8-12-14/h13,15H,3-12H2,1-2H3. The first kappa shape index (κ1) is 13.0. The second-order valence-electron chi connectivity index (χ2n) is 5.33. The summed E-state index contributed by atoms with van der Waals surface area (Å²) in [5, 5.41) is 10.3. The lowest BCUT2D eigenvalue weighted by atomic mass is 9.61. The lowest BCUT2D eigenvalue weighted by Gasteiger charge is -2.46. The van der Waals surface area contributed by atoms with Gasteiger partial charge in [-0.15, -0.1) is 0 Å². The molecule has 0 heterocycles. The summed E-state index contributed by atoms with van der Waals surface area (Å²) in [6.45, 7) is 4.47. The zero-order valence-electron chi connectivity index (χ0n) is 10.6. The molecule has 0 spiro atoms. The molecule has 0 aromatic rings. The molecule has 0 saturated heterocycles. The van der Waals surface area contributed by atoms with Crippen LogP contribution >= 0.6 is 0 Å². The van der Waals surface area contributed by atoms with Gasteiger partial charge in [0.25, 0.3) is 0 Å². The Bertz CT molecular complexity index is 161. The Hall–Kier alpha value is -0.0400. The van der Waals surface area contributed by atoms with Crippen LogP contribution in [0.1, 0.15) is 78.1 Å². The average molecular weight is 212 g/mol. The Balaban J connectivity index is 2.29. The van der Waals surface area contributed by atoms with Gasteiger partial charge < -0.3 is 5.11 Å². The van der Waals surface area contributed by atoms with Crippen LogP contribution < -0.4 is 0 Å². The van der Waals surface area contributed by atoms with E-state index in [9.17, 15) is 5.11 Å². The molecule has 1 aliphatic carbocycles. The number of hydrogen-bond donors (Lipinski definition) is 1. The second-order valence-corrected chi connectivity index (χ2v) is 5.33. The van der Waals surface area contributed by atoms with Crippen LogP contribution in [0.4, 0.5) is 0 Å². The van der Waals surface area contributed by atoms with Crippen LogP contribution in [0, 0.1) is 5.41 Å². The molecule has 1 heteroatoms. The smallest absolute Gasteiger partial charge is 0.0596 e. The van der Waals surface area contributed by atoms with E-state index in [1.807, 2.05) is 0 Å². The maximum Gasteiger partial charge on any atom is 0.0596 e. The minimum Gasteiger partial charge on any atom is -0.393 e. The molecule has 0 aromatic carbocycles. The first-order valence-corrected chi connectivity index (χ1v) is 6.93. The summed E-state index contributed by atoms with van der Waals surface area (Å²) in [6, 6.07) is 0.